The summed E-state index contributed by atoms with van der Waals surface area (Å²) in [6.07, 6.45) is 1.68. The van der Waals surface area contributed by atoms with Gasteiger partial charge in [-0.05, 0) is 43.2 Å². The molecule has 5 heteroatoms. The first-order chi connectivity index (χ1) is 15.6. The Morgan fingerprint density at radius 3 is 2.06 bits per heavy atom. The molecule has 0 unspecified atom stereocenters. The Morgan fingerprint density at radius 1 is 0.906 bits per heavy atom. The van der Waals surface area contributed by atoms with Gasteiger partial charge in [-0.1, -0.05) is 84.4 Å². The quantitative estimate of drug-likeness (QED) is 0.288. The van der Waals surface area contributed by atoms with Crippen LogP contribution in [0.5, 0.6) is 0 Å². The number of rotatable bonds is 6. The molecule has 0 saturated carbocycles. The van der Waals surface area contributed by atoms with Crippen molar-refractivity contribution in [3.63, 3.8) is 0 Å². The molecule has 32 heavy (non-hydrogen) atoms. The zero-order chi connectivity index (χ0) is 22.5. The van der Waals surface area contributed by atoms with Crippen molar-refractivity contribution in [2.45, 2.75) is 19.8 Å². The Labute approximate surface area is 193 Å². The van der Waals surface area contributed by atoms with E-state index in [-0.39, 0.29) is 5.91 Å². The number of hydrazone groups is 1. The number of halogens is 1. The maximum absolute atomic E-state index is 13.1. The van der Waals surface area contributed by atoms with Crippen LogP contribution in [-0.4, -0.2) is 16.7 Å². The topological polar surface area (TPSA) is 46.4 Å². The van der Waals surface area contributed by atoms with E-state index in [0.29, 0.717) is 5.02 Å². The highest BCUT2D eigenvalue weighted by Crippen LogP contribution is 2.26. The summed E-state index contributed by atoms with van der Waals surface area (Å²) in [6, 6.07) is 29.2. The molecule has 0 fully saturated rings. The number of hydrogen-bond acceptors (Lipinski definition) is 2. The van der Waals surface area contributed by atoms with E-state index in [2.05, 4.69) is 15.1 Å². The first-order valence-electron chi connectivity index (χ1n) is 10.4. The summed E-state index contributed by atoms with van der Waals surface area (Å²) in [5.74, 6) is -0.622. The van der Waals surface area contributed by atoms with Crippen LogP contribution in [-0.2, 0) is 4.79 Å². The van der Waals surface area contributed by atoms with Crippen LogP contribution in [0.15, 0.2) is 96.1 Å². The summed E-state index contributed by atoms with van der Waals surface area (Å²) in [5, 5.41) is 4.95. The fourth-order valence-corrected chi connectivity index (χ4v) is 4.16. The number of para-hydroxylation sites is 1. The summed E-state index contributed by atoms with van der Waals surface area (Å²) < 4.78 is 2.09. The minimum atomic E-state index is -0.440. The Bertz CT molecular complexity index is 1210. The number of aryl methyl sites for hydroxylation is 1. The first-order valence-corrected chi connectivity index (χ1v) is 10.8. The number of benzene rings is 3. The van der Waals surface area contributed by atoms with Gasteiger partial charge in [0.25, 0.3) is 5.91 Å². The molecule has 0 aliphatic heterocycles. The standard InChI is InChI=1S/C27H24ClN3O/c1-19-17-23(20(2)31(19)25-16-10-9-15-24(25)28)18-29-30-27(32)26(21-11-5-3-6-12-21)22-13-7-4-8-14-22/h3-18,26H,1-2H3,(H,30,32)/b29-18-. The summed E-state index contributed by atoms with van der Waals surface area (Å²) >= 11 is 6.40. The molecule has 0 radical (unpaired) electrons. The van der Waals surface area contributed by atoms with E-state index >= 15 is 0 Å². The third kappa shape index (κ3) is 4.51. The van der Waals surface area contributed by atoms with Gasteiger partial charge in [-0.3, -0.25) is 4.79 Å². The lowest BCUT2D eigenvalue weighted by Crippen LogP contribution is -2.26. The van der Waals surface area contributed by atoms with Crippen molar-refractivity contribution in [1.82, 2.24) is 9.99 Å². The first kappa shape index (κ1) is 21.6. The van der Waals surface area contributed by atoms with Gasteiger partial charge < -0.3 is 4.57 Å². The monoisotopic (exact) mass is 441 g/mol. The highest BCUT2D eigenvalue weighted by atomic mass is 35.5. The third-order valence-corrected chi connectivity index (χ3v) is 5.79. The minimum absolute atomic E-state index is 0.182. The van der Waals surface area contributed by atoms with Gasteiger partial charge >= 0.3 is 0 Å². The molecule has 0 saturated heterocycles. The van der Waals surface area contributed by atoms with Crippen LogP contribution in [0.1, 0.15) is 34.0 Å². The molecule has 3 aromatic carbocycles. The minimum Gasteiger partial charge on any atom is -0.316 e. The van der Waals surface area contributed by atoms with Crippen molar-refractivity contribution >= 4 is 23.7 Å². The number of aromatic nitrogens is 1. The number of carbonyl (C=O) groups is 1. The molecule has 0 aliphatic carbocycles. The largest absolute Gasteiger partial charge is 0.316 e. The molecular weight excluding hydrogens is 418 g/mol. The van der Waals surface area contributed by atoms with Gasteiger partial charge in [-0.25, -0.2) is 5.43 Å². The molecule has 0 aliphatic rings. The normalized spacial score (nSPS) is 11.2. The lowest BCUT2D eigenvalue weighted by Gasteiger charge is -2.16. The van der Waals surface area contributed by atoms with Crippen molar-refractivity contribution in [2.75, 3.05) is 0 Å². The van der Waals surface area contributed by atoms with Gasteiger partial charge in [0, 0.05) is 17.0 Å². The summed E-state index contributed by atoms with van der Waals surface area (Å²) in [7, 11) is 0. The van der Waals surface area contributed by atoms with E-state index in [1.165, 1.54) is 0 Å². The van der Waals surface area contributed by atoms with Gasteiger partial charge in [0.1, 0.15) is 0 Å². The smallest absolute Gasteiger partial charge is 0.252 e. The number of carbonyl (C=O) groups excluding carboxylic acids is 1. The van der Waals surface area contributed by atoms with E-state index in [9.17, 15) is 4.79 Å². The zero-order valence-corrected chi connectivity index (χ0v) is 18.8. The van der Waals surface area contributed by atoms with Gasteiger partial charge in [-0.15, -0.1) is 0 Å². The Kier molecular flexibility index (Phi) is 6.52. The molecule has 4 rings (SSSR count). The molecule has 0 atom stereocenters. The molecule has 160 valence electrons. The van der Waals surface area contributed by atoms with E-state index in [1.807, 2.05) is 105 Å². The molecule has 0 bridgehead atoms. The van der Waals surface area contributed by atoms with Crippen LogP contribution in [0.25, 0.3) is 5.69 Å². The van der Waals surface area contributed by atoms with Crippen LogP contribution in [0.4, 0.5) is 0 Å². The average Bonchev–Trinajstić information content (AvgIpc) is 3.09. The maximum atomic E-state index is 13.1. The number of amides is 1. The Hall–Kier alpha value is -3.63. The van der Waals surface area contributed by atoms with E-state index in [4.69, 9.17) is 11.6 Å². The number of hydrogen-bond donors (Lipinski definition) is 1. The van der Waals surface area contributed by atoms with Crippen molar-refractivity contribution in [1.29, 1.82) is 0 Å². The molecule has 4 nitrogen and oxygen atoms in total. The van der Waals surface area contributed by atoms with Gasteiger partial charge in [0.15, 0.2) is 0 Å². The van der Waals surface area contributed by atoms with Crippen LogP contribution >= 0.6 is 11.6 Å². The molecule has 1 aromatic heterocycles. The van der Waals surface area contributed by atoms with Crippen molar-refractivity contribution < 1.29 is 4.79 Å². The fraction of sp³-hybridized carbons (Fsp3) is 0.111. The molecule has 0 spiro atoms. The Balaban J connectivity index is 1.58. The molecule has 1 N–H and O–H groups in total. The SMILES string of the molecule is Cc1cc(/C=N\NC(=O)C(c2ccccc2)c2ccccc2)c(C)n1-c1ccccc1Cl. The molecular formula is C27H24ClN3O. The second kappa shape index (κ2) is 9.67. The van der Waals surface area contributed by atoms with Crippen molar-refractivity contribution in [3.05, 3.63) is 124 Å². The second-order valence-electron chi connectivity index (χ2n) is 7.60. The summed E-state index contributed by atoms with van der Waals surface area (Å²) in [4.78, 5) is 13.1. The molecule has 4 aromatic rings. The van der Waals surface area contributed by atoms with E-state index < -0.39 is 5.92 Å². The Morgan fingerprint density at radius 2 is 1.47 bits per heavy atom. The highest BCUT2D eigenvalue weighted by molar-refractivity contribution is 6.32. The lowest BCUT2D eigenvalue weighted by atomic mass is 9.91. The summed E-state index contributed by atoms with van der Waals surface area (Å²) in [6.45, 7) is 4.03. The summed E-state index contributed by atoms with van der Waals surface area (Å²) in [5.41, 5.74) is 8.44. The van der Waals surface area contributed by atoms with E-state index in [1.54, 1.807) is 6.21 Å². The van der Waals surface area contributed by atoms with Crippen LogP contribution in [0.3, 0.4) is 0 Å². The van der Waals surface area contributed by atoms with Crippen LogP contribution in [0, 0.1) is 13.8 Å². The van der Waals surface area contributed by atoms with Crippen molar-refractivity contribution in [3.8, 4) is 5.69 Å². The maximum Gasteiger partial charge on any atom is 0.252 e. The molecule has 1 amide bonds. The van der Waals surface area contributed by atoms with Crippen molar-refractivity contribution in [2.24, 2.45) is 5.10 Å². The van der Waals surface area contributed by atoms with Gasteiger partial charge in [-0.2, -0.15) is 5.10 Å². The molecule has 1 heterocycles. The van der Waals surface area contributed by atoms with Crippen LogP contribution < -0.4 is 5.43 Å². The zero-order valence-electron chi connectivity index (χ0n) is 18.0. The number of nitrogens with zero attached hydrogens (tertiary/aromatic N) is 2. The highest BCUT2D eigenvalue weighted by Gasteiger charge is 2.22. The van der Waals surface area contributed by atoms with Crippen LogP contribution in [0.2, 0.25) is 5.02 Å². The predicted octanol–water partition coefficient (Wildman–Crippen LogP) is 6.03. The van der Waals surface area contributed by atoms with E-state index in [0.717, 1.165) is 33.8 Å². The van der Waals surface area contributed by atoms with Gasteiger partial charge in [0.05, 0.1) is 22.8 Å². The van der Waals surface area contributed by atoms with Gasteiger partial charge in [0.2, 0.25) is 0 Å². The average molecular weight is 442 g/mol. The second-order valence-corrected chi connectivity index (χ2v) is 8.01. The predicted molar refractivity (Wildman–Crippen MR) is 131 cm³/mol. The number of nitrogens with one attached hydrogen (secondary N) is 1. The fourth-order valence-electron chi connectivity index (χ4n) is 3.94. The third-order valence-electron chi connectivity index (χ3n) is 5.47. The lowest BCUT2D eigenvalue weighted by molar-refractivity contribution is -0.121.